The smallest absolute Gasteiger partial charge is 0.295 e. The summed E-state index contributed by atoms with van der Waals surface area (Å²) in [5, 5.41) is 0. The van der Waals surface area contributed by atoms with Gasteiger partial charge in [-0.15, -0.1) is 9.24 Å². The number of carbonyl (C=O) groups is 1. The van der Waals surface area contributed by atoms with E-state index in [1.807, 2.05) is 9.24 Å². The Morgan fingerprint density at radius 2 is 1.87 bits per heavy atom. The van der Waals surface area contributed by atoms with Gasteiger partial charge in [0.1, 0.15) is 0 Å². The van der Waals surface area contributed by atoms with Crippen molar-refractivity contribution in [3.8, 4) is 0 Å². The van der Waals surface area contributed by atoms with E-state index in [9.17, 15) is 13.6 Å². The van der Waals surface area contributed by atoms with Gasteiger partial charge in [0, 0.05) is 5.56 Å². The Morgan fingerprint density at radius 1 is 1.40 bits per heavy atom. The van der Waals surface area contributed by atoms with Crippen molar-refractivity contribution < 1.29 is 13.6 Å². The van der Waals surface area contributed by atoms with E-state index in [0.717, 1.165) is 0 Å². The van der Waals surface area contributed by atoms with E-state index in [-0.39, 0.29) is 5.78 Å². The number of halogens is 2. The molecular formula is C10H12F2NOP. The van der Waals surface area contributed by atoms with E-state index in [4.69, 9.17) is 0 Å². The van der Waals surface area contributed by atoms with Crippen LogP contribution in [0.5, 0.6) is 0 Å². The maximum absolute atomic E-state index is 12.8. The highest BCUT2D eigenvalue weighted by molar-refractivity contribution is 7.17. The number of alkyl halides is 2. The molecule has 0 radical (unpaired) electrons. The van der Waals surface area contributed by atoms with Gasteiger partial charge in [-0.05, 0) is 12.5 Å². The standard InChI is InChI=1S/C10H12F2NOP/c1-6(14)7-2-4-8(5-3-7)9(15)10(11,12)13/h2-5,9H,13,15H2,1H3. The number of carbonyl (C=O) groups excluding carboxylic acids is 1. The molecule has 0 spiro atoms. The molecule has 1 rings (SSSR count). The number of rotatable bonds is 3. The van der Waals surface area contributed by atoms with Crippen molar-refractivity contribution in [1.82, 2.24) is 0 Å². The fourth-order valence-electron chi connectivity index (χ4n) is 1.15. The average molecular weight is 231 g/mol. The van der Waals surface area contributed by atoms with E-state index in [2.05, 4.69) is 5.73 Å². The van der Waals surface area contributed by atoms with E-state index < -0.39 is 11.7 Å². The molecule has 2 N–H and O–H groups in total. The third-order valence-electron chi connectivity index (χ3n) is 2.09. The fourth-order valence-corrected chi connectivity index (χ4v) is 1.37. The third kappa shape index (κ3) is 3.05. The van der Waals surface area contributed by atoms with Crippen LogP contribution in [0.1, 0.15) is 28.5 Å². The zero-order chi connectivity index (χ0) is 11.6. The first-order valence-corrected chi connectivity index (χ1v) is 5.02. The first-order chi connectivity index (χ1) is 6.82. The average Bonchev–Trinajstić information content (AvgIpc) is 2.15. The molecule has 0 aliphatic carbocycles. The predicted octanol–water partition coefficient (Wildman–Crippen LogP) is 2.36. The summed E-state index contributed by atoms with van der Waals surface area (Å²) >= 11 is 0. The Balaban J connectivity index is 2.94. The van der Waals surface area contributed by atoms with Crippen LogP contribution in [0.15, 0.2) is 24.3 Å². The van der Waals surface area contributed by atoms with Crippen LogP contribution in [0, 0.1) is 0 Å². The van der Waals surface area contributed by atoms with Crippen LogP contribution >= 0.6 is 9.24 Å². The van der Waals surface area contributed by atoms with E-state index in [1.165, 1.54) is 31.2 Å². The van der Waals surface area contributed by atoms with Crippen molar-refractivity contribution in [3.63, 3.8) is 0 Å². The second kappa shape index (κ2) is 4.33. The Bertz CT molecular complexity index is 359. The van der Waals surface area contributed by atoms with Gasteiger partial charge in [-0.25, -0.2) is 0 Å². The highest BCUT2D eigenvalue weighted by Gasteiger charge is 2.32. The zero-order valence-corrected chi connectivity index (χ0v) is 9.36. The molecule has 0 saturated carbocycles. The van der Waals surface area contributed by atoms with Gasteiger partial charge in [-0.3, -0.25) is 10.5 Å². The number of hydrogen-bond acceptors (Lipinski definition) is 2. The van der Waals surface area contributed by atoms with Gasteiger partial charge in [0.25, 0.3) is 0 Å². The van der Waals surface area contributed by atoms with Crippen molar-refractivity contribution in [1.29, 1.82) is 0 Å². The molecule has 0 saturated heterocycles. The lowest BCUT2D eigenvalue weighted by Crippen LogP contribution is -2.33. The maximum atomic E-state index is 12.8. The summed E-state index contributed by atoms with van der Waals surface area (Å²) in [5.41, 5.74) is 4.43. The van der Waals surface area contributed by atoms with Crippen molar-refractivity contribution in [2.75, 3.05) is 0 Å². The van der Waals surface area contributed by atoms with E-state index in [1.54, 1.807) is 0 Å². The van der Waals surface area contributed by atoms with E-state index >= 15 is 0 Å². The van der Waals surface area contributed by atoms with Gasteiger partial charge in [0.15, 0.2) is 5.78 Å². The topological polar surface area (TPSA) is 43.1 Å². The van der Waals surface area contributed by atoms with Crippen LogP contribution in [0.25, 0.3) is 0 Å². The molecule has 1 aromatic rings. The Kier molecular flexibility index (Phi) is 3.53. The number of nitrogens with two attached hydrogens (primary N) is 1. The van der Waals surface area contributed by atoms with Crippen molar-refractivity contribution in [2.24, 2.45) is 5.73 Å². The first kappa shape index (κ1) is 12.2. The van der Waals surface area contributed by atoms with Gasteiger partial charge in [0.2, 0.25) is 0 Å². The molecule has 0 amide bonds. The van der Waals surface area contributed by atoms with Crippen LogP contribution in [-0.4, -0.2) is 11.8 Å². The molecule has 0 aliphatic rings. The van der Waals surface area contributed by atoms with Crippen molar-refractivity contribution in [2.45, 2.75) is 18.6 Å². The minimum atomic E-state index is -3.28. The molecule has 2 atom stereocenters. The summed E-state index contributed by atoms with van der Waals surface area (Å²) in [7, 11) is 2.00. The summed E-state index contributed by atoms with van der Waals surface area (Å²) in [5.74, 6) is -0.0960. The van der Waals surface area contributed by atoms with Crippen molar-refractivity contribution >= 4 is 15.0 Å². The first-order valence-electron chi connectivity index (χ1n) is 4.35. The lowest BCUT2D eigenvalue weighted by molar-refractivity contribution is 0.00507. The monoisotopic (exact) mass is 231 g/mol. The van der Waals surface area contributed by atoms with Crippen LogP contribution < -0.4 is 5.73 Å². The summed E-state index contributed by atoms with van der Waals surface area (Å²) < 4.78 is 25.5. The van der Waals surface area contributed by atoms with Crippen LogP contribution in [0.2, 0.25) is 0 Å². The SMILES string of the molecule is CC(=O)c1ccc(C(P)C(N)(F)F)cc1. The molecule has 0 heterocycles. The minimum absolute atomic E-state index is 0.0960. The lowest BCUT2D eigenvalue weighted by Gasteiger charge is -2.19. The van der Waals surface area contributed by atoms with Gasteiger partial charge >= 0.3 is 6.05 Å². The van der Waals surface area contributed by atoms with Crippen molar-refractivity contribution in [3.05, 3.63) is 35.4 Å². The molecular weight excluding hydrogens is 219 g/mol. The molecule has 2 nitrogen and oxygen atoms in total. The molecule has 0 aliphatic heterocycles. The van der Waals surface area contributed by atoms with Crippen LogP contribution in [-0.2, 0) is 0 Å². The molecule has 82 valence electrons. The number of hydrogen-bond donors (Lipinski definition) is 1. The zero-order valence-electron chi connectivity index (χ0n) is 8.21. The van der Waals surface area contributed by atoms with Crippen LogP contribution in [0.4, 0.5) is 8.78 Å². The summed E-state index contributed by atoms with van der Waals surface area (Å²) in [6.07, 6.45) is 0. The molecule has 2 unspecified atom stereocenters. The Hall–Kier alpha value is -0.860. The number of ketones is 1. The normalized spacial score (nSPS) is 13.7. The number of Topliss-reactive ketones (excluding diaryl/α,β-unsaturated/α-hetero) is 1. The Morgan fingerprint density at radius 3 is 2.20 bits per heavy atom. The van der Waals surface area contributed by atoms with Gasteiger partial charge in [0.05, 0.1) is 5.66 Å². The minimum Gasteiger partial charge on any atom is -0.295 e. The second-order valence-electron chi connectivity index (χ2n) is 3.33. The molecule has 1 aromatic carbocycles. The van der Waals surface area contributed by atoms with E-state index in [0.29, 0.717) is 11.1 Å². The van der Waals surface area contributed by atoms with Gasteiger partial charge < -0.3 is 0 Å². The summed E-state index contributed by atoms with van der Waals surface area (Å²) in [6.45, 7) is 1.42. The Labute approximate surface area is 89.1 Å². The summed E-state index contributed by atoms with van der Waals surface area (Å²) in [6, 6.07) is 2.72. The second-order valence-corrected chi connectivity index (χ2v) is 4.00. The summed E-state index contributed by atoms with van der Waals surface area (Å²) in [4.78, 5) is 10.9. The molecule has 0 fully saturated rings. The molecule has 15 heavy (non-hydrogen) atoms. The molecule has 5 heteroatoms. The largest absolute Gasteiger partial charge is 0.310 e. The molecule has 0 bridgehead atoms. The van der Waals surface area contributed by atoms with Gasteiger partial charge in [-0.2, -0.15) is 8.78 Å². The highest BCUT2D eigenvalue weighted by Crippen LogP contribution is 2.34. The van der Waals surface area contributed by atoms with Gasteiger partial charge in [-0.1, -0.05) is 24.3 Å². The highest BCUT2D eigenvalue weighted by atomic mass is 31.0. The fraction of sp³-hybridized carbons (Fsp3) is 0.300. The van der Waals surface area contributed by atoms with Crippen LogP contribution in [0.3, 0.4) is 0 Å². The maximum Gasteiger partial charge on any atom is 0.310 e. The predicted molar refractivity (Wildman–Crippen MR) is 58.0 cm³/mol. The quantitative estimate of drug-likeness (QED) is 0.493. The lowest BCUT2D eigenvalue weighted by atomic mass is 10.1. The molecule has 0 aromatic heterocycles. The number of benzene rings is 1. The third-order valence-corrected chi connectivity index (χ3v) is 2.92.